The Morgan fingerprint density at radius 1 is 1.13 bits per heavy atom. The van der Waals surface area contributed by atoms with Crippen LogP contribution < -0.4 is 10.1 Å². The number of ether oxygens (including phenoxy) is 1. The lowest BCUT2D eigenvalue weighted by atomic mass is 9.79. The van der Waals surface area contributed by atoms with Crippen molar-refractivity contribution in [2.24, 2.45) is 0 Å². The molecule has 1 fully saturated rings. The highest BCUT2D eigenvalue weighted by Crippen LogP contribution is 2.34. The van der Waals surface area contributed by atoms with Gasteiger partial charge in [0.05, 0.1) is 6.20 Å². The predicted octanol–water partition coefficient (Wildman–Crippen LogP) is 3.27. The second-order valence-corrected chi connectivity index (χ2v) is 8.83. The Morgan fingerprint density at radius 3 is 2.57 bits per heavy atom. The molecule has 158 valence electrons. The Kier molecular flexibility index (Phi) is 4.93. The second kappa shape index (κ2) is 7.32. The van der Waals surface area contributed by atoms with Gasteiger partial charge in [0.2, 0.25) is 5.88 Å². The molecule has 1 aliphatic rings. The van der Waals surface area contributed by atoms with Crippen LogP contribution in [0.3, 0.4) is 0 Å². The number of hydrogen-bond donors (Lipinski definition) is 3. The summed E-state index contributed by atoms with van der Waals surface area (Å²) >= 11 is 0. The van der Waals surface area contributed by atoms with Crippen LogP contribution in [0.25, 0.3) is 22.5 Å². The number of rotatable bonds is 4. The van der Waals surface area contributed by atoms with Crippen molar-refractivity contribution >= 4 is 0 Å². The number of piperidine rings is 1. The lowest BCUT2D eigenvalue weighted by Crippen LogP contribution is -2.66. The third kappa shape index (κ3) is 3.97. The molecule has 0 aromatic carbocycles. The number of alkyl halides is 1. The SMILES string of the molecule is CC1(C)C[C@H](Oc2ccc(-c3ncc(-c4cn[nH]c4)cc3O)nn2)[C@H](F)C(C)(C)N1. The van der Waals surface area contributed by atoms with E-state index in [0.29, 0.717) is 17.8 Å². The minimum absolute atomic E-state index is 0.0256. The fraction of sp³-hybridized carbons (Fsp3) is 0.429. The normalized spacial score (nSPS) is 22.6. The first-order chi connectivity index (χ1) is 14.1. The van der Waals surface area contributed by atoms with E-state index in [-0.39, 0.29) is 17.2 Å². The van der Waals surface area contributed by atoms with E-state index >= 15 is 0 Å². The number of nitrogens with one attached hydrogen (secondary N) is 2. The summed E-state index contributed by atoms with van der Waals surface area (Å²) in [6, 6.07) is 4.85. The molecule has 3 N–H and O–H groups in total. The van der Waals surface area contributed by atoms with Gasteiger partial charge in [0.1, 0.15) is 23.2 Å². The minimum Gasteiger partial charge on any atom is -0.506 e. The van der Waals surface area contributed by atoms with E-state index in [1.165, 1.54) is 0 Å². The molecular formula is C21H25FN6O2. The molecule has 4 rings (SSSR count). The molecule has 0 saturated carbocycles. The second-order valence-electron chi connectivity index (χ2n) is 8.83. The highest BCUT2D eigenvalue weighted by Gasteiger charge is 2.47. The van der Waals surface area contributed by atoms with Crippen molar-refractivity contribution in [1.82, 2.24) is 30.7 Å². The molecule has 0 aliphatic carbocycles. The molecule has 0 amide bonds. The van der Waals surface area contributed by atoms with Crippen LogP contribution in [0.5, 0.6) is 11.6 Å². The summed E-state index contributed by atoms with van der Waals surface area (Å²) in [7, 11) is 0. The topological polar surface area (TPSA) is 109 Å². The van der Waals surface area contributed by atoms with Gasteiger partial charge in [-0.1, -0.05) is 0 Å². The van der Waals surface area contributed by atoms with Crippen molar-refractivity contribution in [3.8, 4) is 34.1 Å². The Balaban J connectivity index is 1.52. The molecule has 2 atom stereocenters. The van der Waals surface area contributed by atoms with Gasteiger partial charge in [-0.25, -0.2) is 9.37 Å². The van der Waals surface area contributed by atoms with Gasteiger partial charge in [-0.3, -0.25) is 5.10 Å². The van der Waals surface area contributed by atoms with Gasteiger partial charge in [-0.15, -0.1) is 10.2 Å². The molecule has 0 spiro atoms. The van der Waals surface area contributed by atoms with Crippen LogP contribution in [0.1, 0.15) is 34.1 Å². The number of H-pyrrole nitrogens is 1. The van der Waals surface area contributed by atoms with Gasteiger partial charge in [0.15, 0.2) is 6.17 Å². The van der Waals surface area contributed by atoms with Gasteiger partial charge in [-0.2, -0.15) is 5.10 Å². The van der Waals surface area contributed by atoms with Gasteiger partial charge >= 0.3 is 0 Å². The molecule has 0 radical (unpaired) electrons. The summed E-state index contributed by atoms with van der Waals surface area (Å²) in [4.78, 5) is 4.30. The first-order valence-corrected chi connectivity index (χ1v) is 9.77. The van der Waals surface area contributed by atoms with E-state index in [1.807, 2.05) is 27.7 Å². The third-order valence-corrected chi connectivity index (χ3v) is 5.24. The molecule has 30 heavy (non-hydrogen) atoms. The summed E-state index contributed by atoms with van der Waals surface area (Å²) in [6.45, 7) is 7.69. The number of aromatic hydroxyl groups is 1. The summed E-state index contributed by atoms with van der Waals surface area (Å²) in [5.41, 5.74) is 1.24. The first-order valence-electron chi connectivity index (χ1n) is 9.77. The zero-order valence-electron chi connectivity index (χ0n) is 17.3. The lowest BCUT2D eigenvalue weighted by molar-refractivity contribution is -0.0281. The monoisotopic (exact) mass is 412 g/mol. The molecule has 9 heteroatoms. The highest BCUT2D eigenvalue weighted by atomic mass is 19.1. The fourth-order valence-corrected chi connectivity index (χ4v) is 4.05. The van der Waals surface area contributed by atoms with Gasteiger partial charge in [-0.05, 0) is 39.8 Å². The van der Waals surface area contributed by atoms with Crippen LogP contribution >= 0.6 is 0 Å². The van der Waals surface area contributed by atoms with Crippen molar-refractivity contribution in [1.29, 1.82) is 0 Å². The maximum atomic E-state index is 14.9. The highest BCUT2D eigenvalue weighted by molar-refractivity contribution is 5.69. The quantitative estimate of drug-likeness (QED) is 0.603. The molecule has 0 bridgehead atoms. The summed E-state index contributed by atoms with van der Waals surface area (Å²) in [5.74, 6) is 0.205. The molecule has 8 nitrogen and oxygen atoms in total. The molecule has 1 saturated heterocycles. The molecule has 4 heterocycles. The van der Waals surface area contributed by atoms with Crippen LogP contribution in [0.2, 0.25) is 0 Å². The van der Waals surface area contributed by atoms with E-state index in [1.54, 1.807) is 36.8 Å². The van der Waals surface area contributed by atoms with Crippen LogP contribution in [-0.2, 0) is 0 Å². The van der Waals surface area contributed by atoms with Crippen LogP contribution in [0.4, 0.5) is 4.39 Å². The summed E-state index contributed by atoms with van der Waals surface area (Å²) in [5, 5.41) is 28.5. The van der Waals surface area contributed by atoms with Crippen LogP contribution in [0.15, 0.2) is 36.8 Å². The molecule has 1 aliphatic heterocycles. The Morgan fingerprint density at radius 2 is 1.93 bits per heavy atom. The maximum Gasteiger partial charge on any atom is 0.233 e. The van der Waals surface area contributed by atoms with Gasteiger partial charge in [0, 0.05) is 47.1 Å². The number of nitrogens with zero attached hydrogens (tertiary/aromatic N) is 4. The number of aromatic nitrogens is 5. The standard InChI is InChI=1S/C21H25FN6O2/c1-20(2)8-16(19(22)21(3,4)28-20)30-17-6-5-14(26-27-17)18-15(29)7-12(9-23-18)13-10-24-25-11-13/h5-7,9-11,16,19,28-29H,8H2,1-4H3,(H,24,25)/t16-,19-/m0/s1. The van der Waals surface area contributed by atoms with E-state index in [2.05, 4.69) is 30.7 Å². The Hall–Kier alpha value is -3.07. The van der Waals surface area contributed by atoms with Crippen molar-refractivity contribution in [2.45, 2.75) is 57.5 Å². The Labute approximate surface area is 173 Å². The van der Waals surface area contributed by atoms with Crippen molar-refractivity contribution in [2.75, 3.05) is 0 Å². The number of hydrogen-bond acceptors (Lipinski definition) is 7. The van der Waals surface area contributed by atoms with Crippen LogP contribution in [-0.4, -0.2) is 53.8 Å². The number of aromatic amines is 1. The average Bonchev–Trinajstić information content (AvgIpc) is 3.20. The number of halogens is 1. The van der Waals surface area contributed by atoms with Gasteiger partial charge in [0.25, 0.3) is 0 Å². The van der Waals surface area contributed by atoms with E-state index in [4.69, 9.17) is 4.74 Å². The smallest absolute Gasteiger partial charge is 0.233 e. The lowest BCUT2D eigenvalue weighted by Gasteiger charge is -2.48. The molecule has 3 aromatic heterocycles. The van der Waals surface area contributed by atoms with Crippen molar-refractivity contribution in [3.63, 3.8) is 0 Å². The third-order valence-electron chi connectivity index (χ3n) is 5.24. The zero-order valence-corrected chi connectivity index (χ0v) is 17.3. The molecule has 0 unspecified atom stereocenters. The summed E-state index contributed by atoms with van der Waals surface area (Å²) < 4.78 is 20.8. The minimum atomic E-state index is -1.20. The Bertz CT molecular complexity index is 1020. The predicted molar refractivity (Wildman–Crippen MR) is 110 cm³/mol. The maximum absolute atomic E-state index is 14.9. The van der Waals surface area contributed by atoms with E-state index in [0.717, 1.165) is 11.1 Å². The largest absolute Gasteiger partial charge is 0.506 e. The van der Waals surface area contributed by atoms with Crippen LogP contribution in [0, 0.1) is 0 Å². The van der Waals surface area contributed by atoms with Crippen molar-refractivity contribution < 1.29 is 14.2 Å². The van der Waals surface area contributed by atoms with Crippen molar-refractivity contribution in [3.05, 3.63) is 36.8 Å². The van der Waals surface area contributed by atoms with Gasteiger partial charge < -0.3 is 15.2 Å². The molecule has 3 aromatic rings. The molecular weight excluding hydrogens is 387 g/mol. The van der Waals surface area contributed by atoms with E-state index < -0.39 is 17.8 Å². The zero-order chi connectivity index (χ0) is 21.5. The number of pyridine rings is 1. The first kappa shape index (κ1) is 20.2. The average molecular weight is 412 g/mol. The van der Waals surface area contributed by atoms with E-state index in [9.17, 15) is 9.50 Å². The summed E-state index contributed by atoms with van der Waals surface area (Å²) in [6.07, 6.45) is 3.63. The fourth-order valence-electron chi connectivity index (χ4n) is 4.05.